The molecule has 0 atom stereocenters. The molecule has 2 aromatic carbocycles. The van der Waals surface area contributed by atoms with Gasteiger partial charge in [0.15, 0.2) is 0 Å². The number of amides is 4. The van der Waals surface area contributed by atoms with Crippen molar-refractivity contribution in [2.75, 3.05) is 7.05 Å². The van der Waals surface area contributed by atoms with Gasteiger partial charge >= 0.3 is 0 Å². The van der Waals surface area contributed by atoms with E-state index in [1.54, 1.807) is 38.1 Å². The highest BCUT2D eigenvalue weighted by atomic mass is 16.2. The van der Waals surface area contributed by atoms with Crippen LogP contribution >= 0.6 is 0 Å². The van der Waals surface area contributed by atoms with E-state index in [0.717, 1.165) is 4.90 Å². The molecule has 2 aromatic rings. The average molecular weight is 322 g/mol. The Morgan fingerprint density at radius 1 is 0.667 bits per heavy atom. The first-order chi connectivity index (χ1) is 11.3. The molecule has 6 nitrogen and oxygen atoms in total. The molecule has 0 radical (unpaired) electrons. The van der Waals surface area contributed by atoms with Crippen molar-refractivity contribution in [1.82, 2.24) is 9.80 Å². The molecule has 2 heterocycles. The second-order valence-corrected chi connectivity index (χ2v) is 6.31. The van der Waals surface area contributed by atoms with E-state index >= 15 is 0 Å². The summed E-state index contributed by atoms with van der Waals surface area (Å²) < 4.78 is 0. The van der Waals surface area contributed by atoms with Crippen LogP contribution in [0.2, 0.25) is 0 Å². The summed E-state index contributed by atoms with van der Waals surface area (Å²) in [6.07, 6.45) is 0. The summed E-state index contributed by atoms with van der Waals surface area (Å²) in [6.45, 7) is 3.54. The maximum absolute atomic E-state index is 12.7. The van der Waals surface area contributed by atoms with Crippen molar-refractivity contribution in [3.05, 3.63) is 46.5 Å². The highest BCUT2D eigenvalue weighted by Crippen LogP contribution is 2.37. The minimum Gasteiger partial charge on any atom is -0.277 e. The zero-order chi connectivity index (χ0) is 17.3. The molecule has 0 aliphatic carbocycles. The molecule has 0 bridgehead atoms. The average Bonchev–Trinajstić information content (AvgIpc) is 2.55. The molecule has 120 valence electrons. The van der Waals surface area contributed by atoms with Gasteiger partial charge in [-0.2, -0.15) is 0 Å². The van der Waals surface area contributed by atoms with Crippen LogP contribution in [0.5, 0.6) is 0 Å². The van der Waals surface area contributed by atoms with E-state index in [-0.39, 0.29) is 6.04 Å². The topological polar surface area (TPSA) is 74.8 Å². The van der Waals surface area contributed by atoms with Crippen molar-refractivity contribution in [1.29, 1.82) is 0 Å². The smallest absolute Gasteiger partial charge is 0.261 e. The van der Waals surface area contributed by atoms with Crippen molar-refractivity contribution >= 4 is 34.4 Å². The number of imide groups is 2. The van der Waals surface area contributed by atoms with Gasteiger partial charge in [0.1, 0.15) is 0 Å². The number of nitrogens with zero attached hydrogens (tertiary/aromatic N) is 2. The second-order valence-electron chi connectivity index (χ2n) is 6.31. The van der Waals surface area contributed by atoms with E-state index in [1.807, 2.05) is 0 Å². The van der Waals surface area contributed by atoms with Crippen molar-refractivity contribution < 1.29 is 19.2 Å². The Bertz CT molecular complexity index is 919. The normalized spacial score (nSPS) is 16.7. The summed E-state index contributed by atoms with van der Waals surface area (Å²) in [6, 6.07) is 5.97. The molecule has 0 saturated heterocycles. The van der Waals surface area contributed by atoms with E-state index in [4.69, 9.17) is 0 Å². The molecule has 0 fully saturated rings. The molecule has 4 amide bonds. The van der Waals surface area contributed by atoms with Crippen molar-refractivity contribution in [2.45, 2.75) is 19.9 Å². The Hall–Kier alpha value is -3.02. The fourth-order valence-electron chi connectivity index (χ4n) is 3.48. The van der Waals surface area contributed by atoms with Gasteiger partial charge in [-0.05, 0) is 38.1 Å². The maximum atomic E-state index is 12.7. The van der Waals surface area contributed by atoms with Crippen LogP contribution in [0, 0.1) is 0 Å². The lowest BCUT2D eigenvalue weighted by atomic mass is 9.86. The van der Waals surface area contributed by atoms with Crippen LogP contribution in [0.1, 0.15) is 55.3 Å². The Kier molecular flexibility index (Phi) is 2.73. The first kappa shape index (κ1) is 14.6. The summed E-state index contributed by atoms with van der Waals surface area (Å²) in [7, 11) is 1.42. The summed E-state index contributed by atoms with van der Waals surface area (Å²) in [5.74, 6) is -1.65. The lowest BCUT2D eigenvalue weighted by Gasteiger charge is -2.32. The lowest BCUT2D eigenvalue weighted by molar-refractivity contribution is 0.0558. The SMILES string of the molecule is CC(C)N1C(=O)c2ccc3c4c(ccc(c24)C1=O)C(=O)N(C)C3=O. The zero-order valence-electron chi connectivity index (χ0n) is 13.4. The van der Waals surface area contributed by atoms with E-state index in [2.05, 4.69) is 0 Å². The van der Waals surface area contributed by atoms with Crippen LogP contribution in [0.3, 0.4) is 0 Å². The van der Waals surface area contributed by atoms with Crippen LogP contribution in [-0.4, -0.2) is 46.5 Å². The van der Waals surface area contributed by atoms with Gasteiger partial charge in [-0.25, -0.2) is 0 Å². The molecule has 0 spiro atoms. The van der Waals surface area contributed by atoms with Gasteiger partial charge < -0.3 is 0 Å². The van der Waals surface area contributed by atoms with Crippen LogP contribution in [0.25, 0.3) is 10.8 Å². The summed E-state index contributed by atoms with van der Waals surface area (Å²) >= 11 is 0. The van der Waals surface area contributed by atoms with Crippen LogP contribution in [-0.2, 0) is 0 Å². The third-order valence-electron chi connectivity index (χ3n) is 4.65. The monoisotopic (exact) mass is 322 g/mol. The third-order valence-corrected chi connectivity index (χ3v) is 4.65. The van der Waals surface area contributed by atoms with E-state index < -0.39 is 23.6 Å². The summed E-state index contributed by atoms with van der Waals surface area (Å²) in [5, 5.41) is 0.815. The zero-order valence-corrected chi connectivity index (χ0v) is 13.4. The summed E-state index contributed by atoms with van der Waals surface area (Å²) in [4.78, 5) is 52.5. The van der Waals surface area contributed by atoms with Crippen molar-refractivity contribution in [2.24, 2.45) is 0 Å². The predicted molar refractivity (Wildman–Crippen MR) is 86.0 cm³/mol. The van der Waals surface area contributed by atoms with Gasteiger partial charge in [0.25, 0.3) is 23.6 Å². The molecule has 2 aliphatic heterocycles. The largest absolute Gasteiger partial charge is 0.277 e. The van der Waals surface area contributed by atoms with Gasteiger partial charge in [0, 0.05) is 46.1 Å². The van der Waals surface area contributed by atoms with E-state index in [0.29, 0.717) is 33.0 Å². The quantitative estimate of drug-likeness (QED) is 0.753. The standard InChI is InChI=1S/C18H14N2O4/c1-8(2)20-17(23)11-6-4-9-13-10(16(22)19(3)15(9)21)5-7-12(14(11)13)18(20)24/h4-8H,1-3H3. The highest BCUT2D eigenvalue weighted by molar-refractivity contribution is 6.33. The molecule has 2 aliphatic rings. The first-order valence-corrected chi connectivity index (χ1v) is 7.64. The molecule has 24 heavy (non-hydrogen) atoms. The highest BCUT2D eigenvalue weighted by Gasteiger charge is 2.39. The number of carbonyl (C=O) groups is 4. The second kappa shape index (κ2) is 4.50. The van der Waals surface area contributed by atoms with Gasteiger partial charge in [-0.3, -0.25) is 29.0 Å². The fraction of sp³-hybridized carbons (Fsp3) is 0.222. The molecule has 0 unspecified atom stereocenters. The first-order valence-electron chi connectivity index (χ1n) is 7.64. The summed E-state index contributed by atoms with van der Waals surface area (Å²) in [5.41, 5.74) is 1.38. The molecular weight excluding hydrogens is 308 g/mol. The molecular formula is C18H14N2O4. The fourth-order valence-corrected chi connectivity index (χ4v) is 3.48. The number of carbonyl (C=O) groups excluding carboxylic acids is 4. The number of hydrogen-bond acceptors (Lipinski definition) is 4. The number of rotatable bonds is 1. The lowest BCUT2D eigenvalue weighted by Crippen LogP contribution is -2.45. The Morgan fingerprint density at radius 3 is 1.33 bits per heavy atom. The number of benzene rings is 2. The minimum atomic E-state index is -0.428. The molecule has 4 rings (SSSR count). The maximum Gasteiger partial charge on any atom is 0.261 e. The molecule has 0 aromatic heterocycles. The molecule has 0 N–H and O–H groups in total. The minimum absolute atomic E-state index is 0.283. The van der Waals surface area contributed by atoms with Gasteiger partial charge in [-0.1, -0.05) is 0 Å². The Balaban J connectivity index is 2.15. The Labute approximate surface area is 137 Å². The number of hydrogen-bond donors (Lipinski definition) is 0. The van der Waals surface area contributed by atoms with Crippen LogP contribution < -0.4 is 0 Å². The third kappa shape index (κ3) is 1.55. The van der Waals surface area contributed by atoms with Crippen LogP contribution in [0.15, 0.2) is 24.3 Å². The molecule has 6 heteroatoms. The van der Waals surface area contributed by atoms with Crippen LogP contribution in [0.4, 0.5) is 0 Å². The van der Waals surface area contributed by atoms with E-state index in [9.17, 15) is 19.2 Å². The van der Waals surface area contributed by atoms with Gasteiger partial charge in [-0.15, -0.1) is 0 Å². The van der Waals surface area contributed by atoms with Gasteiger partial charge in [0.05, 0.1) is 0 Å². The van der Waals surface area contributed by atoms with Gasteiger partial charge in [0.2, 0.25) is 0 Å². The molecule has 0 saturated carbocycles. The Morgan fingerprint density at radius 2 is 1.00 bits per heavy atom. The van der Waals surface area contributed by atoms with Crippen molar-refractivity contribution in [3.63, 3.8) is 0 Å². The van der Waals surface area contributed by atoms with Crippen molar-refractivity contribution in [3.8, 4) is 0 Å². The van der Waals surface area contributed by atoms with E-state index in [1.165, 1.54) is 11.9 Å². The predicted octanol–water partition coefficient (Wildman–Crippen LogP) is 2.07.